The Morgan fingerprint density at radius 3 is 2.76 bits per heavy atom. The highest BCUT2D eigenvalue weighted by molar-refractivity contribution is 4.87. The molecule has 1 aliphatic rings. The Labute approximate surface area is 105 Å². The lowest BCUT2D eigenvalue weighted by molar-refractivity contribution is -0.0138. The van der Waals surface area contributed by atoms with Crippen molar-refractivity contribution in [2.75, 3.05) is 33.7 Å². The quantitative estimate of drug-likeness (QED) is 0.634. The topological polar surface area (TPSA) is 55.7 Å². The Balaban J connectivity index is 2.20. The van der Waals surface area contributed by atoms with Crippen molar-refractivity contribution in [2.45, 2.75) is 44.3 Å². The Bertz CT molecular complexity index is 223. The van der Waals surface area contributed by atoms with Gasteiger partial charge in [0.1, 0.15) is 0 Å². The molecule has 1 fully saturated rings. The lowest BCUT2D eigenvalue weighted by atomic mass is 9.79. The molecule has 0 amide bonds. The molecule has 102 valence electrons. The van der Waals surface area contributed by atoms with Crippen LogP contribution in [0.2, 0.25) is 0 Å². The molecule has 4 heteroatoms. The van der Waals surface area contributed by atoms with E-state index >= 15 is 0 Å². The predicted molar refractivity (Wildman–Crippen MR) is 70.0 cm³/mol. The fourth-order valence-corrected chi connectivity index (χ4v) is 2.75. The van der Waals surface area contributed by atoms with Gasteiger partial charge in [-0.2, -0.15) is 0 Å². The van der Waals surface area contributed by atoms with Gasteiger partial charge >= 0.3 is 0 Å². The third-order valence-electron chi connectivity index (χ3n) is 3.48. The van der Waals surface area contributed by atoms with Crippen LogP contribution in [0.4, 0.5) is 0 Å². The molecule has 1 rings (SSSR count). The minimum absolute atomic E-state index is 0.366. The summed E-state index contributed by atoms with van der Waals surface area (Å²) in [7, 11) is 3.89. The monoisotopic (exact) mass is 244 g/mol. The van der Waals surface area contributed by atoms with Crippen molar-refractivity contribution in [1.29, 1.82) is 0 Å². The van der Waals surface area contributed by atoms with Crippen LogP contribution in [0.1, 0.15) is 32.6 Å². The summed E-state index contributed by atoms with van der Waals surface area (Å²) in [5.74, 6) is 0.613. The third-order valence-corrected chi connectivity index (χ3v) is 3.48. The summed E-state index contributed by atoms with van der Waals surface area (Å²) in [5.41, 5.74) is -0.560. The lowest BCUT2D eigenvalue weighted by Crippen LogP contribution is -2.46. The first-order valence-corrected chi connectivity index (χ1v) is 6.67. The van der Waals surface area contributed by atoms with Gasteiger partial charge in [-0.3, -0.25) is 0 Å². The van der Waals surface area contributed by atoms with E-state index in [0.717, 1.165) is 19.3 Å². The second kappa shape index (κ2) is 6.69. The van der Waals surface area contributed by atoms with E-state index in [2.05, 4.69) is 12.2 Å². The van der Waals surface area contributed by atoms with Crippen molar-refractivity contribution >= 4 is 0 Å². The molecule has 1 saturated carbocycles. The first-order valence-electron chi connectivity index (χ1n) is 6.67. The highest BCUT2D eigenvalue weighted by Gasteiger charge is 2.32. The number of aliphatic hydroxyl groups excluding tert-OH is 1. The van der Waals surface area contributed by atoms with E-state index in [-0.39, 0.29) is 6.10 Å². The number of likely N-dealkylation sites (N-methyl/N-ethyl adjacent to an activating group) is 1. The van der Waals surface area contributed by atoms with E-state index in [1.165, 1.54) is 6.42 Å². The second-order valence-corrected chi connectivity index (χ2v) is 5.97. The van der Waals surface area contributed by atoms with Gasteiger partial charge < -0.3 is 20.4 Å². The van der Waals surface area contributed by atoms with Gasteiger partial charge in [-0.1, -0.05) is 19.8 Å². The Hall–Kier alpha value is -0.160. The molecule has 1 aliphatic carbocycles. The van der Waals surface area contributed by atoms with E-state index in [4.69, 9.17) is 0 Å². The maximum absolute atomic E-state index is 10.4. The minimum Gasteiger partial charge on any atom is -0.390 e. The third kappa shape index (κ3) is 5.82. The second-order valence-electron chi connectivity index (χ2n) is 5.97. The van der Waals surface area contributed by atoms with Gasteiger partial charge in [0.15, 0.2) is 0 Å². The number of nitrogens with zero attached hydrogens (tertiary/aromatic N) is 1. The fourth-order valence-electron chi connectivity index (χ4n) is 2.75. The van der Waals surface area contributed by atoms with Gasteiger partial charge in [0.2, 0.25) is 0 Å². The van der Waals surface area contributed by atoms with Crippen LogP contribution in [-0.4, -0.2) is 60.5 Å². The van der Waals surface area contributed by atoms with E-state index in [9.17, 15) is 10.2 Å². The zero-order valence-corrected chi connectivity index (χ0v) is 11.4. The zero-order valence-electron chi connectivity index (χ0n) is 11.4. The fraction of sp³-hybridized carbons (Fsp3) is 1.00. The molecular formula is C13H28N2O2. The van der Waals surface area contributed by atoms with Crippen molar-refractivity contribution in [2.24, 2.45) is 5.92 Å². The molecule has 0 bridgehead atoms. The molecule has 0 aromatic heterocycles. The molecule has 3 N–H and O–H groups in total. The summed E-state index contributed by atoms with van der Waals surface area (Å²) in [5, 5.41) is 23.3. The van der Waals surface area contributed by atoms with Gasteiger partial charge in [-0.25, -0.2) is 0 Å². The molecule has 4 nitrogen and oxygen atoms in total. The standard InChI is InChI=1S/C13H28N2O2/c1-11-5-4-6-13(17,7-11)10-14-8-12(16)9-15(2)3/h11-12,14,16-17H,4-10H2,1-3H3. The molecule has 3 atom stereocenters. The molecule has 0 aromatic carbocycles. The van der Waals surface area contributed by atoms with Crippen LogP contribution in [0.5, 0.6) is 0 Å². The highest BCUT2D eigenvalue weighted by Crippen LogP contribution is 2.31. The van der Waals surface area contributed by atoms with Crippen LogP contribution in [0.25, 0.3) is 0 Å². The minimum atomic E-state index is -0.560. The normalized spacial score (nSPS) is 31.8. The average molecular weight is 244 g/mol. The molecule has 0 aliphatic heterocycles. The van der Waals surface area contributed by atoms with Crippen LogP contribution in [0, 0.1) is 5.92 Å². The van der Waals surface area contributed by atoms with Crippen molar-refractivity contribution in [3.05, 3.63) is 0 Å². The summed E-state index contributed by atoms with van der Waals surface area (Å²) in [4.78, 5) is 1.96. The van der Waals surface area contributed by atoms with E-state index in [1.807, 2.05) is 19.0 Å². The van der Waals surface area contributed by atoms with Crippen molar-refractivity contribution in [1.82, 2.24) is 10.2 Å². The van der Waals surface area contributed by atoms with Crippen LogP contribution in [-0.2, 0) is 0 Å². The van der Waals surface area contributed by atoms with Crippen molar-refractivity contribution in [3.8, 4) is 0 Å². The van der Waals surface area contributed by atoms with Crippen molar-refractivity contribution in [3.63, 3.8) is 0 Å². The van der Waals surface area contributed by atoms with Gasteiger partial charge in [0.05, 0.1) is 11.7 Å². The lowest BCUT2D eigenvalue weighted by Gasteiger charge is -2.36. The van der Waals surface area contributed by atoms with E-state index in [0.29, 0.717) is 25.6 Å². The molecule has 0 heterocycles. The number of hydrogen-bond donors (Lipinski definition) is 3. The molecule has 0 saturated heterocycles. The Kier molecular flexibility index (Phi) is 5.86. The first kappa shape index (κ1) is 14.9. The first-order chi connectivity index (χ1) is 7.91. The van der Waals surface area contributed by atoms with E-state index in [1.54, 1.807) is 0 Å². The van der Waals surface area contributed by atoms with E-state index < -0.39 is 5.60 Å². The van der Waals surface area contributed by atoms with Crippen LogP contribution in [0.15, 0.2) is 0 Å². The molecule has 0 spiro atoms. The Morgan fingerprint density at radius 1 is 1.47 bits per heavy atom. The van der Waals surface area contributed by atoms with Crippen molar-refractivity contribution < 1.29 is 10.2 Å². The van der Waals surface area contributed by atoms with Gasteiger partial charge in [-0.15, -0.1) is 0 Å². The molecular weight excluding hydrogens is 216 g/mol. The van der Waals surface area contributed by atoms with Gasteiger partial charge in [0.25, 0.3) is 0 Å². The number of rotatable bonds is 6. The Morgan fingerprint density at radius 2 is 2.18 bits per heavy atom. The maximum atomic E-state index is 10.4. The SMILES string of the molecule is CC1CCCC(O)(CNCC(O)CN(C)C)C1. The molecule has 17 heavy (non-hydrogen) atoms. The smallest absolute Gasteiger partial charge is 0.0791 e. The summed E-state index contributed by atoms with van der Waals surface area (Å²) in [6.07, 6.45) is 3.73. The summed E-state index contributed by atoms with van der Waals surface area (Å²) >= 11 is 0. The highest BCUT2D eigenvalue weighted by atomic mass is 16.3. The molecule has 3 unspecified atom stereocenters. The zero-order chi connectivity index (χ0) is 12.9. The predicted octanol–water partition coefficient (Wildman–Crippen LogP) is 0.440. The molecule has 0 aromatic rings. The molecule has 0 radical (unpaired) electrons. The summed E-state index contributed by atoms with van der Waals surface area (Å²) in [6, 6.07) is 0. The van der Waals surface area contributed by atoms with Gasteiger partial charge in [-0.05, 0) is 32.9 Å². The van der Waals surface area contributed by atoms with Crippen LogP contribution >= 0.6 is 0 Å². The number of hydrogen-bond acceptors (Lipinski definition) is 4. The van der Waals surface area contributed by atoms with Crippen LogP contribution < -0.4 is 5.32 Å². The van der Waals surface area contributed by atoms with Gasteiger partial charge in [0, 0.05) is 19.6 Å². The summed E-state index contributed by atoms with van der Waals surface area (Å²) in [6.45, 7) is 4.00. The largest absolute Gasteiger partial charge is 0.390 e. The number of nitrogens with one attached hydrogen (secondary N) is 1. The van der Waals surface area contributed by atoms with Crippen LogP contribution in [0.3, 0.4) is 0 Å². The number of aliphatic hydroxyl groups is 2. The average Bonchev–Trinajstić information content (AvgIpc) is 2.15. The summed E-state index contributed by atoms with van der Waals surface area (Å²) < 4.78 is 0. The maximum Gasteiger partial charge on any atom is 0.0791 e.